The van der Waals surface area contributed by atoms with Crippen LogP contribution in [0.4, 0.5) is 0 Å². The van der Waals surface area contributed by atoms with E-state index in [2.05, 4.69) is 47.6 Å². The molecular formula is C26H39N3O. The molecule has 0 bridgehead atoms. The van der Waals surface area contributed by atoms with Crippen LogP contribution in [0.3, 0.4) is 0 Å². The second kappa shape index (κ2) is 9.98. The lowest BCUT2D eigenvalue weighted by Crippen LogP contribution is -2.41. The number of rotatable bonds is 7. The Morgan fingerprint density at radius 2 is 1.77 bits per heavy atom. The number of hydrogen-bond donors (Lipinski definition) is 0. The van der Waals surface area contributed by atoms with Gasteiger partial charge in [0.05, 0.1) is 11.0 Å². The first-order chi connectivity index (χ1) is 14.7. The molecule has 2 saturated carbocycles. The largest absolute Gasteiger partial charge is 0.340 e. The predicted molar refractivity (Wildman–Crippen MR) is 124 cm³/mol. The van der Waals surface area contributed by atoms with Gasteiger partial charge in [0.15, 0.2) is 0 Å². The van der Waals surface area contributed by atoms with E-state index >= 15 is 0 Å². The summed E-state index contributed by atoms with van der Waals surface area (Å²) in [6.45, 7) is 6.04. The second-order valence-electron chi connectivity index (χ2n) is 9.46. The quantitative estimate of drug-likeness (QED) is 0.539. The third-order valence-electron chi connectivity index (χ3n) is 7.70. The summed E-state index contributed by atoms with van der Waals surface area (Å²) in [5.74, 6) is 2.97. The molecule has 0 aliphatic heterocycles. The highest BCUT2D eigenvalue weighted by Gasteiger charge is 2.27. The van der Waals surface area contributed by atoms with E-state index in [0.29, 0.717) is 24.3 Å². The number of para-hydroxylation sites is 2. The minimum Gasteiger partial charge on any atom is -0.340 e. The van der Waals surface area contributed by atoms with Gasteiger partial charge in [-0.25, -0.2) is 4.98 Å². The molecule has 1 amide bonds. The van der Waals surface area contributed by atoms with E-state index in [4.69, 9.17) is 4.98 Å². The summed E-state index contributed by atoms with van der Waals surface area (Å²) in [4.78, 5) is 20.4. The summed E-state index contributed by atoms with van der Waals surface area (Å²) in [6, 6.07) is 8.92. The molecule has 2 aromatic rings. The predicted octanol–water partition coefficient (Wildman–Crippen LogP) is 6.29. The fraction of sp³-hybridized carbons (Fsp3) is 0.692. The van der Waals surface area contributed by atoms with E-state index in [9.17, 15) is 4.79 Å². The maximum atomic E-state index is 13.2. The Bertz CT molecular complexity index is 828. The van der Waals surface area contributed by atoms with Crippen LogP contribution < -0.4 is 0 Å². The van der Waals surface area contributed by atoms with Crippen molar-refractivity contribution in [3.8, 4) is 0 Å². The Hall–Kier alpha value is -1.84. The van der Waals surface area contributed by atoms with Gasteiger partial charge >= 0.3 is 0 Å². The number of amides is 1. The molecule has 2 fully saturated rings. The smallest absolute Gasteiger partial charge is 0.224 e. The average Bonchev–Trinajstić information content (AvgIpc) is 3.17. The van der Waals surface area contributed by atoms with Crippen molar-refractivity contribution in [3.63, 3.8) is 0 Å². The maximum Gasteiger partial charge on any atom is 0.224 e. The maximum absolute atomic E-state index is 13.2. The molecule has 0 radical (unpaired) electrons. The number of carbonyl (C=O) groups is 1. The molecule has 2 aliphatic carbocycles. The number of aromatic nitrogens is 2. The van der Waals surface area contributed by atoms with Crippen LogP contribution >= 0.6 is 0 Å². The number of benzene rings is 1. The topological polar surface area (TPSA) is 38.1 Å². The second-order valence-corrected chi connectivity index (χ2v) is 9.46. The Labute approximate surface area is 182 Å². The summed E-state index contributed by atoms with van der Waals surface area (Å²) >= 11 is 0. The monoisotopic (exact) mass is 409 g/mol. The minimum atomic E-state index is 0.322. The molecule has 4 heteroatoms. The Kier molecular flexibility index (Phi) is 7.12. The third kappa shape index (κ3) is 4.58. The van der Waals surface area contributed by atoms with Crippen LogP contribution in [0.5, 0.6) is 0 Å². The van der Waals surface area contributed by atoms with E-state index in [1.54, 1.807) is 0 Å². The first-order valence-electron chi connectivity index (χ1n) is 12.5. The highest BCUT2D eigenvalue weighted by Crippen LogP contribution is 2.37. The lowest BCUT2D eigenvalue weighted by molar-refractivity contribution is -0.134. The number of carbonyl (C=O) groups excluding carboxylic acids is 1. The molecule has 164 valence electrons. The van der Waals surface area contributed by atoms with Crippen molar-refractivity contribution in [3.05, 3.63) is 30.1 Å². The SMILES string of the molecule is CCC1CCC(c2nc3ccccc3n2CCC(=O)N(CC)C2CCCCC2)CC1. The fourth-order valence-corrected chi connectivity index (χ4v) is 5.85. The molecule has 0 spiro atoms. The number of imidazole rings is 1. The number of hydrogen-bond acceptors (Lipinski definition) is 2. The van der Waals surface area contributed by atoms with E-state index in [0.717, 1.165) is 24.5 Å². The van der Waals surface area contributed by atoms with Crippen LogP contribution in [0.1, 0.15) is 96.2 Å². The van der Waals surface area contributed by atoms with E-state index in [1.165, 1.54) is 75.5 Å². The van der Waals surface area contributed by atoms with Crippen molar-refractivity contribution < 1.29 is 4.79 Å². The van der Waals surface area contributed by atoms with Crippen molar-refractivity contribution in [1.82, 2.24) is 14.5 Å². The zero-order valence-corrected chi connectivity index (χ0v) is 19.0. The van der Waals surface area contributed by atoms with Gasteiger partial charge in [-0.1, -0.05) is 44.7 Å². The summed E-state index contributed by atoms with van der Waals surface area (Å²) in [5.41, 5.74) is 2.27. The van der Waals surface area contributed by atoms with Gasteiger partial charge in [-0.3, -0.25) is 4.79 Å². The summed E-state index contributed by atoms with van der Waals surface area (Å²) < 4.78 is 2.37. The Morgan fingerprint density at radius 1 is 1.03 bits per heavy atom. The number of aryl methyl sites for hydroxylation is 1. The van der Waals surface area contributed by atoms with Gasteiger partial charge in [-0.05, 0) is 63.5 Å². The molecular weight excluding hydrogens is 370 g/mol. The van der Waals surface area contributed by atoms with Crippen molar-refractivity contribution in [2.24, 2.45) is 5.92 Å². The van der Waals surface area contributed by atoms with Gasteiger partial charge in [0.2, 0.25) is 5.91 Å². The van der Waals surface area contributed by atoms with Crippen LogP contribution in [0, 0.1) is 5.92 Å². The molecule has 0 N–H and O–H groups in total. The first-order valence-corrected chi connectivity index (χ1v) is 12.5. The lowest BCUT2D eigenvalue weighted by Gasteiger charge is -2.34. The van der Waals surface area contributed by atoms with Gasteiger partial charge in [-0.15, -0.1) is 0 Å². The van der Waals surface area contributed by atoms with Crippen LogP contribution in [0.25, 0.3) is 11.0 Å². The van der Waals surface area contributed by atoms with Crippen LogP contribution in [0.15, 0.2) is 24.3 Å². The zero-order valence-electron chi connectivity index (χ0n) is 19.0. The molecule has 1 heterocycles. The molecule has 0 unspecified atom stereocenters. The molecule has 1 aromatic carbocycles. The molecule has 4 rings (SSSR count). The van der Waals surface area contributed by atoms with Crippen LogP contribution in [-0.4, -0.2) is 32.9 Å². The van der Waals surface area contributed by atoms with Crippen molar-refractivity contribution in [2.75, 3.05) is 6.54 Å². The number of fused-ring (bicyclic) bond motifs is 1. The first kappa shape index (κ1) is 21.4. The van der Waals surface area contributed by atoms with Gasteiger partial charge in [0.1, 0.15) is 5.82 Å². The number of nitrogens with zero attached hydrogens (tertiary/aromatic N) is 3. The normalized spacial score (nSPS) is 23.0. The van der Waals surface area contributed by atoms with Gasteiger partial charge in [-0.2, -0.15) is 0 Å². The highest BCUT2D eigenvalue weighted by atomic mass is 16.2. The lowest BCUT2D eigenvalue weighted by atomic mass is 9.80. The summed E-state index contributed by atoms with van der Waals surface area (Å²) in [7, 11) is 0. The summed E-state index contributed by atoms with van der Waals surface area (Å²) in [6.07, 6.45) is 13.2. The summed E-state index contributed by atoms with van der Waals surface area (Å²) in [5, 5.41) is 0. The van der Waals surface area contributed by atoms with Crippen LogP contribution in [0.2, 0.25) is 0 Å². The standard InChI is InChI=1S/C26H39N3O/c1-3-20-14-16-21(17-15-20)26-27-23-12-8-9-13-24(23)29(26)19-18-25(30)28(4-2)22-10-6-5-7-11-22/h8-9,12-13,20-22H,3-7,10-11,14-19H2,1-2H3. The van der Waals surface area contributed by atoms with Crippen LogP contribution in [-0.2, 0) is 11.3 Å². The van der Waals surface area contributed by atoms with E-state index < -0.39 is 0 Å². The Balaban J connectivity index is 1.50. The van der Waals surface area contributed by atoms with Gasteiger partial charge < -0.3 is 9.47 Å². The van der Waals surface area contributed by atoms with Gasteiger partial charge in [0, 0.05) is 31.5 Å². The molecule has 1 aromatic heterocycles. The Morgan fingerprint density at radius 3 is 2.47 bits per heavy atom. The van der Waals surface area contributed by atoms with Crippen molar-refractivity contribution >= 4 is 16.9 Å². The molecule has 0 saturated heterocycles. The fourth-order valence-electron chi connectivity index (χ4n) is 5.85. The van der Waals surface area contributed by atoms with Crippen molar-refractivity contribution in [2.45, 2.75) is 103 Å². The van der Waals surface area contributed by atoms with Crippen molar-refractivity contribution in [1.29, 1.82) is 0 Å². The van der Waals surface area contributed by atoms with Gasteiger partial charge in [0.25, 0.3) is 0 Å². The molecule has 2 aliphatic rings. The molecule has 0 atom stereocenters. The van der Waals surface area contributed by atoms with E-state index in [1.807, 2.05) is 0 Å². The average molecular weight is 410 g/mol. The molecule has 30 heavy (non-hydrogen) atoms. The molecule has 4 nitrogen and oxygen atoms in total. The highest BCUT2D eigenvalue weighted by molar-refractivity contribution is 5.78. The zero-order chi connectivity index (χ0) is 20.9. The minimum absolute atomic E-state index is 0.322. The third-order valence-corrected chi connectivity index (χ3v) is 7.70. The van der Waals surface area contributed by atoms with E-state index in [-0.39, 0.29) is 0 Å².